The van der Waals surface area contributed by atoms with Crippen molar-refractivity contribution in [3.8, 4) is 12.8 Å². The van der Waals surface area contributed by atoms with Gasteiger partial charge in [-0.1, -0.05) is 6.58 Å². The van der Waals surface area contributed by atoms with Crippen LogP contribution in [0.25, 0.3) is 0 Å². The fraction of sp³-hybridized carbons (Fsp3) is 0.286. The third-order valence-corrected chi connectivity index (χ3v) is 0.808. The van der Waals surface area contributed by atoms with Crippen molar-refractivity contribution in [2.45, 2.75) is 0 Å². The van der Waals surface area contributed by atoms with E-state index in [1.165, 1.54) is 11.1 Å². The van der Waals surface area contributed by atoms with Crippen LogP contribution in [-0.2, 0) is 0 Å². The predicted molar refractivity (Wildman–Crippen MR) is 42.3 cm³/mol. The van der Waals surface area contributed by atoms with Crippen LogP contribution in [0.2, 0.25) is 0 Å². The van der Waals surface area contributed by atoms with Gasteiger partial charge in [0.1, 0.15) is 0 Å². The molecule has 0 spiro atoms. The quantitative estimate of drug-likeness (QED) is 0.533. The zero-order valence-corrected chi connectivity index (χ0v) is 6.29. The first kappa shape index (κ1) is 11.4. The molecule has 1 N–H and O–H groups in total. The minimum absolute atomic E-state index is 0.153. The number of urea groups is 1. The Morgan fingerprint density at radius 1 is 1.70 bits per heavy atom. The standard InChI is InChI=1S/C5H10N2O.C2H2/c1-4-7(3)5(8)6-2;1-2/h4H,1H2,2-3H3,(H,6,8);1-2H. The zero-order valence-electron chi connectivity index (χ0n) is 6.29. The second-order valence-corrected chi connectivity index (χ2v) is 1.35. The fourth-order valence-electron chi connectivity index (χ4n) is 0.259. The molecule has 0 aromatic carbocycles. The summed E-state index contributed by atoms with van der Waals surface area (Å²) in [5.41, 5.74) is 0. The molecule has 10 heavy (non-hydrogen) atoms. The molecule has 0 heterocycles. The van der Waals surface area contributed by atoms with E-state index in [1.54, 1.807) is 14.1 Å². The molecule has 0 atom stereocenters. The van der Waals surface area contributed by atoms with Gasteiger partial charge in [0.05, 0.1) is 0 Å². The van der Waals surface area contributed by atoms with Gasteiger partial charge in [-0.2, -0.15) is 0 Å². The van der Waals surface area contributed by atoms with Crippen molar-refractivity contribution in [3.05, 3.63) is 12.8 Å². The Bertz CT molecular complexity index is 129. The van der Waals surface area contributed by atoms with Crippen LogP contribution in [0.4, 0.5) is 4.79 Å². The first-order valence-electron chi connectivity index (χ1n) is 2.62. The first-order valence-corrected chi connectivity index (χ1v) is 2.62. The van der Waals surface area contributed by atoms with E-state index in [2.05, 4.69) is 24.7 Å². The van der Waals surface area contributed by atoms with Crippen LogP contribution in [0.15, 0.2) is 12.8 Å². The summed E-state index contributed by atoms with van der Waals surface area (Å²) in [5, 5.41) is 2.43. The summed E-state index contributed by atoms with van der Waals surface area (Å²) in [5.74, 6) is 0. The number of hydrogen-bond acceptors (Lipinski definition) is 1. The van der Waals surface area contributed by atoms with Gasteiger partial charge in [-0.3, -0.25) is 0 Å². The van der Waals surface area contributed by atoms with Crippen LogP contribution in [-0.4, -0.2) is 25.0 Å². The molecule has 0 aromatic rings. The highest BCUT2D eigenvalue weighted by Crippen LogP contribution is 1.79. The monoisotopic (exact) mass is 140 g/mol. The molecule has 0 radical (unpaired) electrons. The van der Waals surface area contributed by atoms with E-state index < -0.39 is 0 Å². The first-order chi connectivity index (χ1) is 4.72. The lowest BCUT2D eigenvalue weighted by Crippen LogP contribution is -2.30. The Morgan fingerprint density at radius 2 is 2.10 bits per heavy atom. The molecular formula is C7H12N2O. The second kappa shape index (κ2) is 7.57. The van der Waals surface area contributed by atoms with Crippen LogP contribution in [0, 0.1) is 12.8 Å². The van der Waals surface area contributed by atoms with Gasteiger partial charge >= 0.3 is 6.03 Å². The molecule has 0 aromatic heterocycles. The maximum absolute atomic E-state index is 10.5. The highest BCUT2D eigenvalue weighted by Gasteiger charge is 1.96. The topological polar surface area (TPSA) is 32.3 Å². The number of terminal acetylenes is 1. The van der Waals surface area contributed by atoms with Crippen LogP contribution in [0.5, 0.6) is 0 Å². The van der Waals surface area contributed by atoms with E-state index in [-0.39, 0.29) is 6.03 Å². The molecule has 3 nitrogen and oxygen atoms in total. The minimum Gasteiger partial charge on any atom is -0.341 e. The normalized spacial score (nSPS) is 6.40. The molecule has 56 valence electrons. The average Bonchev–Trinajstić information content (AvgIpc) is 2.05. The van der Waals surface area contributed by atoms with Gasteiger partial charge in [-0.05, 0) is 0 Å². The number of rotatable bonds is 1. The van der Waals surface area contributed by atoms with E-state index in [9.17, 15) is 4.79 Å². The van der Waals surface area contributed by atoms with E-state index in [0.29, 0.717) is 0 Å². The molecule has 0 rings (SSSR count). The molecular weight excluding hydrogens is 128 g/mol. The summed E-state index contributed by atoms with van der Waals surface area (Å²) in [6.45, 7) is 3.39. The van der Waals surface area contributed by atoms with Gasteiger partial charge < -0.3 is 10.2 Å². The zero-order chi connectivity index (χ0) is 8.57. The van der Waals surface area contributed by atoms with Crippen molar-refractivity contribution >= 4 is 6.03 Å². The van der Waals surface area contributed by atoms with Crippen molar-refractivity contribution < 1.29 is 4.79 Å². The fourth-order valence-corrected chi connectivity index (χ4v) is 0.259. The van der Waals surface area contributed by atoms with Crippen molar-refractivity contribution in [1.82, 2.24) is 10.2 Å². The van der Waals surface area contributed by atoms with E-state index >= 15 is 0 Å². The molecule has 0 aliphatic carbocycles. The Morgan fingerprint density at radius 3 is 2.20 bits per heavy atom. The van der Waals surface area contributed by atoms with Crippen molar-refractivity contribution in [3.63, 3.8) is 0 Å². The Balaban J connectivity index is 0. The van der Waals surface area contributed by atoms with Crippen LogP contribution < -0.4 is 5.32 Å². The maximum atomic E-state index is 10.5. The highest BCUT2D eigenvalue weighted by atomic mass is 16.2. The lowest BCUT2D eigenvalue weighted by atomic mass is 10.7. The van der Waals surface area contributed by atoms with Crippen LogP contribution in [0.1, 0.15) is 0 Å². The molecule has 0 aliphatic rings. The van der Waals surface area contributed by atoms with E-state index in [1.807, 2.05) is 0 Å². The van der Waals surface area contributed by atoms with Crippen LogP contribution in [0.3, 0.4) is 0 Å². The highest BCUT2D eigenvalue weighted by molar-refractivity contribution is 5.74. The van der Waals surface area contributed by atoms with Crippen molar-refractivity contribution in [1.29, 1.82) is 0 Å². The molecule has 0 saturated heterocycles. The number of hydrogen-bond donors (Lipinski definition) is 1. The smallest absolute Gasteiger partial charge is 0.320 e. The molecule has 0 aliphatic heterocycles. The Hall–Kier alpha value is -1.43. The third kappa shape index (κ3) is 4.72. The summed E-state index contributed by atoms with van der Waals surface area (Å²) in [4.78, 5) is 11.8. The molecule has 0 unspecified atom stereocenters. The molecule has 3 heteroatoms. The molecule has 0 saturated carbocycles. The molecule has 0 bridgehead atoms. The minimum atomic E-state index is -0.153. The largest absolute Gasteiger partial charge is 0.341 e. The second-order valence-electron chi connectivity index (χ2n) is 1.35. The third-order valence-electron chi connectivity index (χ3n) is 0.808. The SMILES string of the molecule is C#C.C=CN(C)C(=O)NC. The number of carbonyl (C=O) groups is 1. The summed E-state index contributed by atoms with van der Waals surface area (Å²) < 4.78 is 0. The van der Waals surface area contributed by atoms with Gasteiger partial charge in [-0.25, -0.2) is 4.79 Å². The van der Waals surface area contributed by atoms with Gasteiger partial charge in [0.25, 0.3) is 0 Å². The average molecular weight is 140 g/mol. The Labute approximate surface area is 61.7 Å². The number of nitrogens with one attached hydrogen (secondary N) is 1. The lowest BCUT2D eigenvalue weighted by molar-refractivity contribution is 0.224. The summed E-state index contributed by atoms with van der Waals surface area (Å²) in [7, 11) is 3.20. The molecule has 0 fully saturated rings. The maximum Gasteiger partial charge on any atom is 0.320 e. The number of amides is 2. The van der Waals surface area contributed by atoms with Gasteiger partial charge in [0, 0.05) is 20.3 Å². The van der Waals surface area contributed by atoms with Gasteiger partial charge in [-0.15, -0.1) is 12.8 Å². The van der Waals surface area contributed by atoms with Crippen LogP contribution >= 0.6 is 0 Å². The number of nitrogens with zero attached hydrogens (tertiary/aromatic N) is 1. The van der Waals surface area contributed by atoms with Gasteiger partial charge in [0.2, 0.25) is 0 Å². The van der Waals surface area contributed by atoms with E-state index in [0.717, 1.165) is 0 Å². The summed E-state index contributed by atoms with van der Waals surface area (Å²) in [6.07, 6.45) is 9.44. The molecule has 2 amide bonds. The van der Waals surface area contributed by atoms with Crippen molar-refractivity contribution in [2.24, 2.45) is 0 Å². The van der Waals surface area contributed by atoms with E-state index in [4.69, 9.17) is 0 Å². The lowest BCUT2D eigenvalue weighted by Gasteiger charge is -2.08. The van der Waals surface area contributed by atoms with Crippen molar-refractivity contribution in [2.75, 3.05) is 14.1 Å². The summed E-state index contributed by atoms with van der Waals surface area (Å²) >= 11 is 0. The van der Waals surface area contributed by atoms with Gasteiger partial charge in [0.15, 0.2) is 0 Å². The number of carbonyl (C=O) groups excluding carboxylic acids is 1. The Kier molecular flexibility index (Phi) is 8.61. The predicted octanol–water partition coefficient (Wildman–Crippen LogP) is 0.650. The summed E-state index contributed by atoms with van der Waals surface area (Å²) in [6, 6.07) is -0.153.